The molecule has 1 heterocycles. The smallest absolute Gasteiger partial charge is 0.307 e. The van der Waals surface area contributed by atoms with Gasteiger partial charge in [0, 0.05) is 18.8 Å². The zero-order valence-electron chi connectivity index (χ0n) is 15.3. The molecule has 2 atom stereocenters. The SMILES string of the molecule is O=C(O)[C@@H]1CCCC[C@H]1C(=O)Nc1ccc(S(=O)(=O)N2CCCCC2)cc1. The number of hydrogen-bond acceptors (Lipinski definition) is 4. The Morgan fingerprint density at radius 2 is 1.52 bits per heavy atom. The van der Waals surface area contributed by atoms with Crippen LogP contribution in [0, 0.1) is 11.8 Å². The van der Waals surface area contributed by atoms with Gasteiger partial charge in [-0.25, -0.2) is 8.42 Å². The molecule has 27 heavy (non-hydrogen) atoms. The van der Waals surface area contributed by atoms with Gasteiger partial charge in [-0.05, 0) is 49.9 Å². The second-order valence-electron chi connectivity index (χ2n) is 7.31. The minimum absolute atomic E-state index is 0.212. The molecule has 1 aliphatic carbocycles. The third-order valence-electron chi connectivity index (χ3n) is 5.49. The summed E-state index contributed by atoms with van der Waals surface area (Å²) in [6.07, 6.45) is 5.54. The topological polar surface area (TPSA) is 104 Å². The first-order valence-corrected chi connectivity index (χ1v) is 11.0. The Kier molecular flexibility index (Phi) is 6.16. The first-order valence-electron chi connectivity index (χ1n) is 9.53. The summed E-state index contributed by atoms with van der Waals surface area (Å²) in [4.78, 5) is 24.1. The lowest BCUT2D eigenvalue weighted by Gasteiger charge is -2.27. The van der Waals surface area contributed by atoms with Crippen molar-refractivity contribution in [2.24, 2.45) is 11.8 Å². The van der Waals surface area contributed by atoms with Gasteiger partial charge in [0.25, 0.3) is 0 Å². The van der Waals surface area contributed by atoms with E-state index in [2.05, 4.69) is 5.32 Å². The first-order chi connectivity index (χ1) is 12.9. The molecule has 1 aromatic rings. The second kappa shape index (κ2) is 8.39. The van der Waals surface area contributed by atoms with Crippen LogP contribution >= 0.6 is 0 Å². The zero-order chi connectivity index (χ0) is 19.4. The van der Waals surface area contributed by atoms with Crippen molar-refractivity contribution in [2.45, 2.75) is 49.8 Å². The number of piperidine rings is 1. The minimum atomic E-state index is -3.50. The molecule has 0 radical (unpaired) electrons. The molecule has 3 rings (SSSR count). The van der Waals surface area contributed by atoms with Gasteiger partial charge >= 0.3 is 5.97 Å². The Balaban J connectivity index is 1.68. The number of benzene rings is 1. The van der Waals surface area contributed by atoms with Crippen LogP contribution in [-0.2, 0) is 19.6 Å². The van der Waals surface area contributed by atoms with E-state index < -0.39 is 27.8 Å². The maximum absolute atomic E-state index is 12.7. The number of amides is 1. The Morgan fingerprint density at radius 3 is 2.11 bits per heavy atom. The number of nitrogens with zero attached hydrogens (tertiary/aromatic N) is 1. The number of sulfonamides is 1. The molecule has 1 aliphatic heterocycles. The van der Waals surface area contributed by atoms with Gasteiger partial charge in [-0.3, -0.25) is 9.59 Å². The second-order valence-corrected chi connectivity index (χ2v) is 9.25. The quantitative estimate of drug-likeness (QED) is 0.799. The van der Waals surface area contributed by atoms with Crippen LogP contribution in [0.25, 0.3) is 0 Å². The average Bonchev–Trinajstić information content (AvgIpc) is 2.69. The lowest BCUT2D eigenvalue weighted by atomic mass is 9.78. The zero-order valence-corrected chi connectivity index (χ0v) is 16.1. The van der Waals surface area contributed by atoms with E-state index in [1.165, 1.54) is 16.4 Å². The molecule has 0 aromatic heterocycles. The summed E-state index contributed by atoms with van der Waals surface area (Å²) in [5.74, 6) is -2.45. The highest BCUT2D eigenvalue weighted by atomic mass is 32.2. The van der Waals surface area contributed by atoms with Crippen LogP contribution in [0.15, 0.2) is 29.2 Å². The summed E-state index contributed by atoms with van der Waals surface area (Å²) in [5.41, 5.74) is 0.479. The van der Waals surface area contributed by atoms with Crippen LogP contribution < -0.4 is 5.32 Å². The van der Waals surface area contributed by atoms with E-state index in [1.807, 2.05) is 0 Å². The average molecular weight is 394 g/mol. The predicted molar refractivity (Wildman–Crippen MR) is 101 cm³/mol. The summed E-state index contributed by atoms with van der Waals surface area (Å²) < 4.78 is 26.8. The predicted octanol–water partition coefficient (Wildman–Crippen LogP) is 2.69. The Labute approximate surface area is 159 Å². The number of carbonyl (C=O) groups excluding carboxylic acids is 1. The molecule has 0 unspecified atom stereocenters. The third kappa shape index (κ3) is 4.50. The maximum atomic E-state index is 12.7. The number of nitrogens with one attached hydrogen (secondary N) is 1. The van der Waals surface area contributed by atoms with Crippen LogP contribution in [0.4, 0.5) is 5.69 Å². The molecule has 148 valence electrons. The molecule has 2 aliphatic rings. The number of carboxylic acid groups (broad SMARTS) is 1. The van der Waals surface area contributed by atoms with E-state index >= 15 is 0 Å². The monoisotopic (exact) mass is 394 g/mol. The normalized spacial score (nSPS) is 24.3. The highest BCUT2D eigenvalue weighted by molar-refractivity contribution is 7.89. The first kappa shape index (κ1) is 19.8. The lowest BCUT2D eigenvalue weighted by molar-refractivity contribution is -0.147. The summed E-state index contributed by atoms with van der Waals surface area (Å²) in [6.45, 7) is 1.08. The lowest BCUT2D eigenvalue weighted by Crippen LogP contribution is -2.36. The van der Waals surface area contributed by atoms with Crippen molar-refractivity contribution < 1.29 is 23.1 Å². The molecule has 0 spiro atoms. The molecule has 7 nitrogen and oxygen atoms in total. The van der Waals surface area contributed by atoms with E-state index in [1.54, 1.807) is 12.1 Å². The largest absolute Gasteiger partial charge is 0.481 e. The van der Waals surface area contributed by atoms with E-state index in [4.69, 9.17) is 0 Å². The minimum Gasteiger partial charge on any atom is -0.481 e. The van der Waals surface area contributed by atoms with Gasteiger partial charge in [-0.2, -0.15) is 4.31 Å². The fraction of sp³-hybridized carbons (Fsp3) is 0.579. The van der Waals surface area contributed by atoms with E-state index in [-0.39, 0.29) is 10.8 Å². The van der Waals surface area contributed by atoms with Gasteiger partial charge in [0.2, 0.25) is 15.9 Å². The van der Waals surface area contributed by atoms with Crippen molar-refractivity contribution in [3.8, 4) is 0 Å². The van der Waals surface area contributed by atoms with Gasteiger partial charge in [0.1, 0.15) is 0 Å². The maximum Gasteiger partial charge on any atom is 0.307 e. The van der Waals surface area contributed by atoms with E-state index in [0.29, 0.717) is 31.6 Å². The number of rotatable bonds is 5. The molecule has 1 amide bonds. The van der Waals surface area contributed by atoms with Crippen LogP contribution in [0.5, 0.6) is 0 Å². The molecule has 8 heteroatoms. The van der Waals surface area contributed by atoms with Crippen molar-refractivity contribution in [1.29, 1.82) is 0 Å². The number of aliphatic carboxylic acids is 1. The van der Waals surface area contributed by atoms with Crippen molar-refractivity contribution in [2.75, 3.05) is 18.4 Å². The molecule has 0 bridgehead atoms. The van der Waals surface area contributed by atoms with Crippen molar-refractivity contribution in [3.05, 3.63) is 24.3 Å². The summed E-state index contributed by atoms with van der Waals surface area (Å²) >= 11 is 0. The Morgan fingerprint density at radius 1 is 0.926 bits per heavy atom. The van der Waals surface area contributed by atoms with Crippen LogP contribution in [0.1, 0.15) is 44.9 Å². The van der Waals surface area contributed by atoms with Gasteiger partial charge in [0.15, 0.2) is 0 Å². The highest BCUT2D eigenvalue weighted by Crippen LogP contribution is 2.31. The third-order valence-corrected chi connectivity index (χ3v) is 7.41. The van der Waals surface area contributed by atoms with Crippen LogP contribution in [0.3, 0.4) is 0 Å². The van der Waals surface area contributed by atoms with Crippen LogP contribution in [0.2, 0.25) is 0 Å². The van der Waals surface area contributed by atoms with Crippen molar-refractivity contribution >= 4 is 27.6 Å². The standard InChI is InChI=1S/C19H26N2O5S/c22-18(16-6-2-3-7-17(16)19(23)24)20-14-8-10-15(11-9-14)27(25,26)21-12-4-1-5-13-21/h8-11,16-17H,1-7,12-13H2,(H,20,22)(H,23,24)/t16-,17-/m1/s1. The number of hydrogen-bond donors (Lipinski definition) is 2. The molecule has 2 N–H and O–H groups in total. The fourth-order valence-corrected chi connectivity index (χ4v) is 5.46. The number of carbonyl (C=O) groups is 2. The molecule has 1 saturated heterocycles. The molecule has 1 saturated carbocycles. The molecular weight excluding hydrogens is 368 g/mol. The van der Waals surface area contributed by atoms with Gasteiger partial charge in [-0.15, -0.1) is 0 Å². The summed E-state index contributed by atoms with van der Waals surface area (Å²) in [6, 6.07) is 6.12. The molecule has 1 aromatic carbocycles. The van der Waals surface area contributed by atoms with Gasteiger partial charge in [-0.1, -0.05) is 19.3 Å². The molecule has 2 fully saturated rings. The summed E-state index contributed by atoms with van der Waals surface area (Å²) in [5, 5.41) is 12.1. The Bertz CT molecular complexity index is 785. The number of carboxylic acids is 1. The van der Waals surface area contributed by atoms with Crippen molar-refractivity contribution in [3.63, 3.8) is 0 Å². The summed E-state index contributed by atoms with van der Waals surface area (Å²) in [7, 11) is -3.50. The highest BCUT2D eigenvalue weighted by Gasteiger charge is 2.35. The van der Waals surface area contributed by atoms with Crippen molar-refractivity contribution in [1.82, 2.24) is 4.31 Å². The van der Waals surface area contributed by atoms with Gasteiger partial charge < -0.3 is 10.4 Å². The fourth-order valence-electron chi connectivity index (χ4n) is 3.94. The number of anilines is 1. The van der Waals surface area contributed by atoms with E-state index in [9.17, 15) is 23.1 Å². The van der Waals surface area contributed by atoms with E-state index in [0.717, 1.165) is 32.1 Å². The van der Waals surface area contributed by atoms with Gasteiger partial charge in [0.05, 0.1) is 16.7 Å². The molecular formula is C19H26N2O5S. The van der Waals surface area contributed by atoms with Crippen LogP contribution in [-0.4, -0.2) is 42.8 Å². The Hall–Kier alpha value is -1.93.